The first-order valence-corrected chi connectivity index (χ1v) is 10.8. The summed E-state index contributed by atoms with van der Waals surface area (Å²) in [6.45, 7) is 8.13. The second kappa shape index (κ2) is 8.56. The van der Waals surface area contributed by atoms with Crippen LogP contribution in [0, 0.1) is 11.8 Å². The van der Waals surface area contributed by atoms with E-state index in [1.807, 2.05) is 26.0 Å². The van der Waals surface area contributed by atoms with Crippen LogP contribution in [0.3, 0.4) is 0 Å². The molecule has 1 heterocycles. The molecule has 1 aromatic rings. The lowest BCUT2D eigenvalue weighted by Gasteiger charge is -2.33. The lowest BCUT2D eigenvalue weighted by molar-refractivity contribution is -0.136. The topological polar surface area (TPSA) is 78.5 Å². The summed E-state index contributed by atoms with van der Waals surface area (Å²) in [5.74, 6) is 0.181. The minimum Gasteiger partial charge on any atom is -0.347 e. The van der Waals surface area contributed by atoms with Crippen LogP contribution in [0.5, 0.6) is 0 Å². The average Bonchev–Trinajstić information content (AvgIpc) is 2.92. The number of urea groups is 1. The zero-order chi connectivity index (χ0) is 21.2. The Morgan fingerprint density at radius 1 is 1.21 bits per heavy atom. The highest BCUT2D eigenvalue weighted by molar-refractivity contribution is 6.09. The van der Waals surface area contributed by atoms with Crippen molar-refractivity contribution < 1.29 is 14.4 Å². The van der Waals surface area contributed by atoms with Gasteiger partial charge in [-0.3, -0.25) is 14.5 Å². The van der Waals surface area contributed by atoms with Crippen LogP contribution >= 0.6 is 0 Å². The molecule has 1 saturated heterocycles. The molecule has 1 atom stereocenters. The molecule has 0 aromatic heterocycles. The van der Waals surface area contributed by atoms with Crippen molar-refractivity contribution in [1.82, 2.24) is 15.5 Å². The van der Waals surface area contributed by atoms with Crippen molar-refractivity contribution in [3.63, 3.8) is 0 Å². The van der Waals surface area contributed by atoms with Crippen molar-refractivity contribution in [3.05, 3.63) is 35.4 Å². The van der Waals surface area contributed by atoms with Crippen LogP contribution in [-0.2, 0) is 16.0 Å². The summed E-state index contributed by atoms with van der Waals surface area (Å²) in [7, 11) is 0. The zero-order valence-corrected chi connectivity index (χ0v) is 18.0. The minimum absolute atomic E-state index is 0.168. The monoisotopic (exact) mass is 399 g/mol. The predicted molar refractivity (Wildman–Crippen MR) is 112 cm³/mol. The average molecular weight is 400 g/mol. The van der Waals surface area contributed by atoms with Crippen LogP contribution in [0.4, 0.5) is 4.79 Å². The van der Waals surface area contributed by atoms with Crippen LogP contribution in [0.1, 0.15) is 70.5 Å². The van der Waals surface area contributed by atoms with E-state index in [1.54, 1.807) is 0 Å². The molecule has 0 bridgehead atoms. The largest absolute Gasteiger partial charge is 0.347 e. The maximum absolute atomic E-state index is 13.0. The summed E-state index contributed by atoms with van der Waals surface area (Å²) in [5, 5.41) is 5.90. The Labute approximate surface area is 173 Å². The van der Waals surface area contributed by atoms with Gasteiger partial charge in [-0.25, -0.2) is 4.79 Å². The van der Waals surface area contributed by atoms with E-state index in [0.717, 1.165) is 29.7 Å². The predicted octanol–water partition coefficient (Wildman–Crippen LogP) is 3.56. The third-order valence-electron chi connectivity index (χ3n) is 6.41. The second-order valence-corrected chi connectivity index (χ2v) is 8.97. The highest BCUT2D eigenvalue weighted by atomic mass is 16.2. The number of imide groups is 1. The first-order chi connectivity index (χ1) is 13.8. The van der Waals surface area contributed by atoms with Gasteiger partial charge in [-0.1, -0.05) is 52.0 Å². The smallest absolute Gasteiger partial charge is 0.325 e. The quantitative estimate of drug-likeness (QED) is 0.718. The Kier molecular flexibility index (Phi) is 6.30. The number of benzene rings is 1. The second-order valence-electron chi connectivity index (χ2n) is 8.97. The van der Waals surface area contributed by atoms with Gasteiger partial charge in [0.05, 0.1) is 6.04 Å². The summed E-state index contributed by atoms with van der Waals surface area (Å²) < 4.78 is 0. The molecule has 2 fully saturated rings. The van der Waals surface area contributed by atoms with Gasteiger partial charge in [-0.2, -0.15) is 0 Å². The van der Waals surface area contributed by atoms with Crippen molar-refractivity contribution in [2.75, 3.05) is 6.54 Å². The molecule has 1 saturated carbocycles. The van der Waals surface area contributed by atoms with Crippen LogP contribution in [0.15, 0.2) is 24.3 Å². The molecule has 29 heavy (non-hydrogen) atoms. The standard InChI is InChI=1S/C23H33N3O3/c1-5-17-6-8-18(9-7-17)20(15(2)3)24-19(27)14-26-21(28)23(25-22(26)29)12-10-16(4)11-13-23/h6-9,15-16,20H,5,10-14H2,1-4H3,(H,24,27)(H,25,29)/t16?,20-,23?/m1/s1. The highest BCUT2D eigenvalue weighted by Crippen LogP contribution is 2.36. The van der Waals surface area contributed by atoms with Gasteiger partial charge >= 0.3 is 6.03 Å². The van der Waals surface area contributed by atoms with Crippen molar-refractivity contribution in [2.24, 2.45) is 11.8 Å². The highest BCUT2D eigenvalue weighted by Gasteiger charge is 2.52. The van der Waals surface area contributed by atoms with Crippen LogP contribution in [-0.4, -0.2) is 34.8 Å². The van der Waals surface area contributed by atoms with E-state index in [0.29, 0.717) is 18.8 Å². The van der Waals surface area contributed by atoms with Gasteiger partial charge in [0.25, 0.3) is 5.91 Å². The van der Waals surface area contributed by atoms with Crippen LogP contribution in [0.2, 0.25) is 0 Å². The van der Waals surface area contributed by atoms with Crippen molar-refractivity contribution in [3.8, 4) is 0 Å². The normalized spacial score (nSPS) is 25.4. The molecule has 2 aliphatic rings. The molecule has 1 spiro atoms. The van der Waals surface area contributed by atoms with E-state index < -0.39 is 11.6 Å². The van der Waals surface area contributed by atoms with Gasteiger partial charge in [0, 0.05) is 0 Å². The molecule has 4 amide bonds. The number of carbonyl (C=O) groups is 3. The van der Waals surface area contributed by atoms with E-state index in [9.17, 15) is 14.4 Å². The van der Waals surface area contributed by atoms with Crippen LogP contribution < -0.4 is 10.6 Å². The minimum atomic E-state index is -0.808. The number of nitrogens with zero attached hydrogens (tertiary/aromatic N) is 1. The fourth-order valence-corrected chi connectivity index (χ4v) is 4.37. The molecule has 0 unspecified atom stereocenters. The number of rotatable bonds is 6. The van der Waals surface area contributed by atoms with E-state index in [4.69, 9.17) is 0 Å². The Hall–Kier alpha value is -2.37. The Bertz CT molecular complexity index is 764. The number of amides is 4. The van der Waals surface area contributed by atoms with Gasteiger partial charge in [-0.15, -0.1) is 0 Å². The van der Waals surface area contributed by atoms with E-state index in [2.05, 4.69) is 36.6 Å². The number of carbonyl (C=O) groups excluding carboxylic acids is 3. The zero-order valence-electron chi connectivity index (χ0n) is 18.0. The van der Waals surface area contributed by atoms with Gasteiger partial charge < -0.3 is 10.6 Å². The van der Waals surface area contributed by atoms with Crippen molar-refractivity contribution in [1.29, 1.82) is 0 Å². The SMILES string of the molecule is CCc1ccc([C@H](NC(=O)CN2C(=O)NC3(CCC(C)CC3)C2=O)C(C)C)cc1. The van der Waals surface area contributed by atoms with Gasteiger partial charge in [0.2, 0.25) is 5.91 Å². The molecule has 2 N–H and O–H groups in total. The van der Waals surface area contributed by atoms with E-state index in [-0.39, 0.29) is 30.3 Å². The van der Waals surface area contributed by atoms with Crippen molar-refractivity contribution >= 4 is 17.8 Å². The lowest BCUT2D eigenvalue weighted by atomic mass is 9.77. The van der Waals surface area contributed by atoms with E-state index in [1.165, 1.54) is 5.56 Å². The Morgan fingerprint density at radius 2 is 1.83 bits per heavy atom. The first kappa shape index (κ1) is 21.3. The van der Waals surface area contributed by atoms with Gasteiger partial charge in [-0.05, 0) is 55.1 Å². The van der Waals surface area contributed by atoms with Crippen LogP contribution in [0.25, 0.3) is 0 Å². The molecular formula is C23H33N3O3. The summed E-state index contributed by atoms with van der Waals surface area (Å²) >= 11 is 0. The van der Waals surface area contributed by atoms with Gasteiger partial charge in [0.15, 0.2) is 0 Å². The fourth-order valence-electron chi connectivity index (χ4n) is 4.37. The maximum Gasteiger partial charge on any atom is 0.325 e. The van der Waals surface area contributed by atoms with Crippen molar-refractivity contribution in [2.45, 2.75) is 71.4 Å². The number of nitrogens with one attached hydrogen (secondary N) is 2. The number of hydrogen-bond acceptors (Lipinski definition) is 3. The summed E-state index contributed by atoms with van der Waals surface area (Å²) in [6.07, 6.45) is 4.08. The molecule has 1 aliphatic carbocycles. The Balaban J connectivity index is 1.66. The Morgan fingerprint density at radius 3 is 2.38 bits per heavy atom. The number of hydrogen-bond donors (Lipinski definition) is 2. The summed E-state index contributed by atoms with van der Waals surface area (Å²) in [6, 6.07) is 7.60. The molecule has 0 radical (unpaired) electrons. The van der Waals surface area contributed by atoms with E-state index >= 15 is 0 Å². The maximum atomic E-state index is 13.0. The molecule has 6 nitrogen and oxygen atoms in total. The fraction of sp³-hybridized carbons (Fsp3) is 0.609. The molecule has 3 rings (SSSR count). The number of aryl methyl sites for hydroxylation is 1. The van der Waals surface area contributed by atoms with Gasteiger partial charge in [0.1, 0.15) is 12.1 Å². The third kappa shape index (κ3) is 4.46. The molecule has 158 valence electrons. The molecular weight excluding hydrogens is 366 g/mol. The molecule has 1 aliphatic heterocycles. The summed E-state index contributed by atoms with van der Waals surface area (Å²) in [5.41, 5.74) is 1.46. The summed E-state index contributed by atoms with van der Waals surface area (Å²) in [4.78, 5) is 39.2. The third-order valence-corrected chi connectivity index (χ3v) is 6.41. The molecule has 1 aromatic carbocycles. The first-order valence-electron chi connectivity index (χ1n) is 10.8. The molecule has 6 heteroatoms. The lowest BCUT2D eigenvalue weighted by Crippen LogP contribution is -2.50.